The smallest absolute Gasteiger partial charge is 0.256 e. The number of carbonyl (C=O) groups is 2. The minimum atomic E-state index is -0.172. The van der Waals surface area contributed by atoms with E-state index in [1.165, 1.54) is 16.7 Å². The van der Waals surface area contributed by atoms with Crippen LogP contribution in [0.4, 0.5) is 11.4 Å². The molecule has 36 heavy (non-hydrogen) atoms. The third-order valence-electron chi connectivity index (χ3n) is 7.36. The molecule has 0 aliphatic carbocycles. The van der Waals surface area contributed by atoms with Crippen LogP contribution < -0.4 is 10.2 Å². The normalized spacial score (nSPS) is 15.5. The van der Waals surface area contributed by atoms with E-state index in [0.717, 1.165) is 51.1 Å². The molecule has 0 unspecified atom stereocenters. The summed E-state index contributed by atoms with van der Waals surface area (Å²) >= 11 is 0. The highest BCUT2D eigenvalue weighted by Gasteiger charge is 2.26. The minimum Gasteiger partial charge on any atom is -0.366 e. The zero-order valence-electron chi connectivity index (χ0n) is 21.5. The number of fused-ring (bicyclic) bond motifs is 1. The van der Waals surface area contributed by atoms with E-state index in [9.17, 15) is 9.59 Å². The van der Waals surface area contributed by atoms with Gasteiger partial charge < -0.3 is 15.1 Å². The van der Waals surface area contributed by atoms with Crippen LogP contribution >= 0.6 is 0 Å². The second-order valence-electron chi connectivity index (χ2n) is 11.0. The van der Waals surface area contributed by atoms with Crippen molar-refractivity contribution in [1.82, 2.24) is 4.90 Å². The fraction of sp³-hybridized carbons (Fsp3) is 0.355. The van der Waals surface area contributed by atoms with Gasteiger partial charge in [-0.3, -0.25) is 9.59 Å². The predicted octanol–water partition coefficient (Wildman–Crippen LogP) is 6.04. The summed E-state index contributed by atoms with van der Waals surface area (Å²) < 4.78 is 0. The Labute approximate surface area is 214 Å². The van der Waals surface area contributed by atoms with Gasteiger partial charge in [-0.15, -0.1) is 0 Å². The Kier molecular flexibility index (Phi) is 6.57. The number of nitrogens with zero attached hydrogens (tertiary/aromatic N) is 2. The molecular weight excluding hydrogens is 446 g/mol. The van der Waals surface area contributed by atoms with Gasteiger partial charge in [0, 0.05) is 43.1 Å². The second-order valence-corrected chi connectivity index (χ2v) is 11.0. The van der Waals surface area contributed by atoms with Crippen LogP contribution in [-0.4, -0.2) is 36.3 Å². The highest BCUT2D eigenvalue weighted by atomic mass is 16.2. The van der Waals surface area contributed by atoms with Gasteiger partial charge in [-0.2, -0.15) is 0 Å². The van der Waals surface area contributed by atoms with Crippen LogP contribution in [0.2, 0.25) is 0 Å². The van der Waals surface area contributed by atoms with Crippen LogP contribution in [-0.2, 0) is 18.4 Å². The molecule has 5 heteroatoms. The van der Waals surface area contributed by atoms with Crippen molar-refractivity contribution >= 4 is 23.2 Å². The molecule has 3 aromatic carbocycles. The summed E-state index contributed by atoms with van der Waals surface area (Å²) in [6.45, 7) is 9.69. The van der Waals surface area contributed by atoms with Gasteiger partial charge in [0.05, 0.1) is 5.56 Å². The standard InChI is InChI=1S/C31H35N3O2/c1-31(2,3)25-12-10-23(11-13-25)29(35)32-26-14-15-28(27(20-26)30(36)33-17-6-7-18-33)34-19-16-22-8-4-5-9-24(22)21-34/h4-5,8-15,20H,6-7,16-19,21H2,1-3H3,(H,32,35). The number of hydrogen-bond donors (Lipinski definition) is 1. The van der Waals surface area contributed by atoms with Gasteiger partial charge in [-0.25, -0.2) is 0 Å². The van der Waals surface area contributed by atoms with Crippen LogP contribution in [0.15, 0.2) is 66.7 Å². The van der Waals surface area contributed by atoms with Crippen LogP contribution in [0, 0.1) is 0 Å². The van der Waals surface area contributed by atoms with E-state index in [-0.39, 0.29) is 17.2 Å². The van der Waals surface area contributed by atoms with Gasteiger partial charge in [0.1, 0.15) is 0 Å². The lowest BCUT2D eigenvalue weighted by molar-refractivity contribution is 0.0793. The van der Waals surface area contributed by atoms with Crippen LogP contribution in [0.1, 0.15) is 71.0 Å². The molecule has 0 saturated carbocycles. The van der Waals surface area contributed by atoms with Crippen molar-refractivity contribution < 1.29 is 9.59 Å². The molecule has 0 bridgehead atoms. The molecule has 2 heterocycles. The maximum atomic E-state index is 13.6. The van der Waals surface area contributed by atoms with E-state index in [1.54, 1.807) is 0 Å². The number of rotatable bonds is 4. The lowest BCUT2D eigenvalue weighted by Gasteiger charge is -2.33. The monoisotopic (exact) mass is 481 g/mol. The molecule has 0 spiro atoms. The van der Waals surface area contributed by atoms with Gasteiger partial charge in [0.15, 0.2) is 0 Å². The first-order valence-corrected chi connectivity index (χ1v) is 13.0. The first kappa shape index (κ1) is 24.1. The van der Waals surface area contributed by atoms with Gasteiger partial charge in [0.25, 0.3) is 11.8 Å². The summed E-state index contributed by atoms with van der Waals surface area (Å²) in [5.74, 6) is -0.123. The topological polar surface area (TPSA) is 52.7 Å². The summed E-state index contributed by atoms with van der Waals surface area (Å²) in [5, 5.41) is 3.02. The number of carbonyl (C=O) groups excluding carboxylic acids is 2. The predicted molar refractivity (Wildman–Crippen MR) is 146 cm³/mol. The first-order chi connectivity index (χ1) is 17.3. The Morgan fingerprint density at radius 1 is 0.833 bits per heavy atom. The molecule has 2 aliphatic heterocycles. The van der Waals surface area contributed by atoms with Crippen molar-refractivity contribution in [2.45, 2.75) is 52.0 Å². The Morgan fingerprint density at radius 2 is 1.53 bits per heavy atom. The van der Waals surface area contributed by atoms with Gasteiger partial charge in [0.2, 0.25) is 0 Å². The maximum absolute atomic E-state index is 13.6. The first-order valence-electron chi connectivity index (χ1n) is 13.0. The largest absolute Gasteiger partial charge is 0.366 e. The van der Waals surface area contributed by atoms with Crippen LogP contribution in [0.5, 0.6) is 0 Å². The minimum absolute atomic E-state index is 0.0324. The summed E-state index contributed by atoms with van der Waals surface area (Å²) in [6, 6.07) is 22.0. The number of likely N-dealkylation sites (tertiary alicyclic amines) is 1. The summed E-state index contributed by atoms with van der Waals surface area (Å²) in [6.07, 6.45) is 3.04. The van der Waals surface area contributed by atoms with E-state index >= 15 is 0 Å². The van der Waals surface area contributed by atoms with Crippen molar-refractivity contribution in [1.29, 1.82) is 0 Å². The summed E-state index contributed by atoms with van der Waals surface area (Å²) in [7, 11) is 0. The zero-order chi connectivity index (χ0) is 25.3. The molecule has 3 aromatic rings. The SMILES string of the molecule is CC(C)(C)c1ccc(C(=O)Nc2ccc(N3CCc4ccccc4C3)c(C(=O)N3CCCC3)c2)cc1. The van der Waals surface area contributed by atoms with Crippen molar-refractivity contribution in [3.63, 3.8) is 0 Å². The number of hydrogen-bond acceptors (Lipinski definition) is 3. The average Bonchev–Trinajstić information content (AvgIpc) is 3.43. The van der Waals surface area contributed by atoms with Crippen molar-refractivity contribution in [2.24, 2.45) is 0 Å². The summed E-state index contributed by atoms with van der Waals surface area (Å²) in [4.78, 5) is 30.8. The fourth-order valence-electron chi connectivity index (χ4n) is 5.18. The van der Waals surface area contributed by atoms with Crippen LogP contribution in [0.25, 0.3) is 0 Å². The molecule has 186 valence electrons. The number of benzene rings is 3. The van der Waals surface area contributed by atoms with E-state index in [2.05, 4.69) is 55.3 Å². The van der Waals surface area contributed by atoms with Gasteiger partial charge >= 0.3 is 0 Å². The van der Waals surface area contributed by atoms with Gasteiger partial charge in [-0.1, -0.05) is 57.2 Å². The third-order valence-corrected chi connectivity index (χ3v) is 7.36. The molecule has 0 atom stereocenters. The molecule has 1 saturated heterocycles. The Balaban J connectivity index is 1.42. The highest BCUT2D eigenvalue weighted by Crippen LogP contribution is 2.31. The van der Waals surface area contributed by atoms with E-state index in [0.29, 0.717) is 16.8 Å². The van der Waals surface area contributed by atoms with Gasteiger partial charge in [-0.05, 0) is 71.7 Å². The van der Waals surface area contributed by atoms with Crippen LogP contribution in [0.3, 0.4) is 0 Å². The molecule has 2 amide bonds. The van der Waals surface area contributed by atoms with E-state index in [1.807, 2.05) is 47.4 Å². The third kappa shape index (κ3) is 5.01. The maximum Gasteiger partial charge on any atom is 0.256 e. The molecule has 0 aromatic heterocycles. The molecule has 1 N–H and O–H groups in total. The zero-order valence-corrected chi connectivity index (χ0v) is 21.5. The Morgan fingerprint density at radius 3 is 2.22 bits per heavy atom. The van der Waals surface area contributed by atoms with E-state index < -0.39 is 0 Å². The molecule has 5 nitrogen and oxygen atoms in total. The fourth-order valence-corrected chi connectivity index (χ4v) is 5.18. The summed E-state index contributed by atoms with van der Waals surface area (Å²) in [5.41, 5.74) is 6.75. The number of anilines is 2. The molecule has 5 rings (SSSR count). The number of amides is 2. The lowest BCUT2D eigenvalue weighted by Crippen LogP contribution is -2.34. The lowest BCUT2D eigenvalue weighted by atomic mass is 9.87. The second kappa shape index (κ2) is 9.81. The van der Waals surface area contributed by atoms with E-state index in [4.69, 9.17) is 0 Å². The highest BCUT2D eigenvalue weighted by molar-refractivity contribution is 6.06. The molecule has 2 aliphatic rings. The van der Waals surface area contributed by atoms with Crippen molar-refractivity contribution in [3.05, 3.63) is 94.5 Å². The van der Waals surface area contributed by atoms with Crippen molar-refractivity contribution in [2.75, 3.05) is 29.9 Å². The Hall–Kier alpha value is -3.60. The molecular formula is C31H35N3O2. The van der Waals surface area contributed by atoms with Crippen molar-refractivity contribution in [3.8, 4) is 0 Å². The average molecular weight is 482 g/mol. The molecule has 1 fully saturated rings. The number of nitrogens with one attached hydrogen (secondary N) is 1. The quantitative estimate of drug-likeness (QED) is 0.495. The Bertz CT molecular complexity index is 1270. The molecule has 0 radical (unpaired) electrons.